The van der Waals surface area contributed by atoms with Crippen molar-refractivity contribution in [1.82, 2.24) is 9.78 Å². The number of aryl methyl sites for hydroxylation is 1. The van der Waals surface area contributed by atoms with Gasteiger partial charge in [0.25, 0.3) is 0 Å². The molecular formula is C10H7F3N2O. The SMILES string of the molecule is Cn1nc2cccc(C=O)c2c1C(F)(F)F. The number of alkyl halides is 3. The molecule has 0 unspecified atom stereocenters. The highest BCUT2D eigenvalue weighted by Gasteiger charge is 2.37. The van der Waals surface area contributed by atoms with Crippen molar-refractivity contribution in [2.24, 2.45) is 7.05 Å². The minimum Gasteiger partial charge on any atom is -0.298 e. The molecule has 0 aliphatic carbocycles. The van der Waals surface area contributed by atoms with Crippen LogP contribution >= 0.6 is 0 Å². The first-order chi connectivity index (χ1) is 7.45. The topological polar surface area (TPSA) is 34.9 Å². The monoisotopic (exact) mass is 228 g/mol. The lowest BCUT2D eigenvalue weighted by Crippen LogP contribution is -2.12. The third kappa shape index (κ3) is 1.46. The molecule has 0 aliphatic heterocycles. The Hall–Kier alpha value is -1.85. The van der Waals surface area contributed by atoms with Crippen LogP contribution in [-0.4, -0.2) is 16.1 Å². The summed E-state index contributed by atoms with van der Waals surface area (Å²) in [6, 6.07) is 4.28. The van der Waals surface area contributed by atoms with E-state index < -0.39 is 11.9 Å². The highest BCUT2D eigenvalue weighted by molar-refractivity contribution is 5.98. The van der Waals surface area contributed by atoms with Gasteiger partial charge in [0.1, 0.15) is 0 Å². The van der Waals surface area contributed by atoms with Crippen LogP contribution in [0, 0.1) is 0 Å². The van der Waals surface area contributed by atoms with Crippen LogP contribution in [0.1, 0.15) is 16.1 Å². The largest absolute Gasteiger partial charge is 0.433 e. The predicted molar refractivity (Wildman–Crippen MR) is 51.1 cm³/mol. The molecule has 0 amide bonds. The number of rotatable bonds is 1. The maximum absolute atomic E-state index is 12.8. The van der Waals surface area contributed by atoms with Crippen LogP contribution in [0.3, 0.4) is 0 Å². The Balaban J connectivity index is 2.92. The lowest BCUT2D eigenvalue weighted by Gasteiger charge is -2.07. The summed E-state index contributed by atoms with van der Waals surface area (Å²) in [6.45, 7) is 0. The number of hydrogen-bond acceptors (Lipinski definition) is 2. The fraction of sp³-hybridized carbons (Fsp3) is 0.200. The smallest absolute Gasteiger partial charge is 0.298 e. The van der Waals surface area contributed by atoms with Crippen LogP contribution in [0.15, 0.2) is 18.2 Å². The Morgan fingerprint density at radius 1 is 1.38 bits per heavy atom. The van der Waals surface area contributed by atoms with E-state index in [0.29, 0.717) is 6.29 Å². The number of halogens is 3. The summed E-state index contributed by atoms with van der Waals surface area (Å²) in [5.74, 6) is 0. The number of hydrogen-bond donors (Lipinski definition) is 0. The summed E-state index contributed by atoms with van der Waals surface area (Å²) in [4.78, 5) is 10.7. The zero-order chi connectivity index (χ0) is 11.9. The van der Waals surface area contributed by atoms with E-state index in [1.165, 1.54) is 25.2 Å². The molecule has 0 atom stereocenters. The van der Waals surface area contributed by atoms with E-state index in [2.05, 4.69) is 5.10 Å². The fourth-order valence-electron chi connectivity index (χ4n) is 1.70. The average molecular weight is 228 g/mol. The molecule has 84 valence electrons. The van der Waals surface area contributed by atoms with E-state index >= 15 is 0 Å². The minimum atomic E-state index is -4.53. The highest BCUT2D eigenvalue weighted by Crippen LogP contribution is 2.35. The molecule has 0 N–H and O–H groups in total. The molecule has 1 aromatic carbocycles. The Bertz CT molecular complexity index is 557. The van der Waals surface area contributed by atoms with Gasteiger partial charge in [0, 0.05) is 18.0 Å². The van der Waals surface area contributed by atoms with Gasteiger partial charge in [-0.3, -0.25) is 9.48 Å². The zero-order valence-corrected chi connectivity index (χ0v) is 8.25. The summed E-state index contributed by atoms with van der Waals surface area (Å²) in [6.07, 6.45) is -4.12. The van der Waals surface area contributed by atoms with E-state index in [1.54, 1.807) is 0 Å². The number of carbonyl (C=O) groups excluding carboxylic acids is 1. The van der Waals surface area contributed by atoms with Crippen molar-refractivity contribution in [3.63, 3.8) is 0 Å². The molecule has 2 rings (SSSR count). The van der Waals surface area contributed by atoms with Crippen molar-refractivity contribution in [2.45, 2.75) is 6.18 Å². The molecule has 16 heavy (non-hydrogen) atoms. The van der Waals surface area contributed by atoms with Gasteiger partial charge in [-0.25, -0.2) is 0 Å². The molecule has 0 spiro atoms. The van der Waals surface area contributed by atoms with Crippen LogP contribution < -0.4 is 0 Å². The second-order valence-corrected chi connectivity index (χ2v) is 3.33. The predicted octanol–water partition coefficient (Wildman–Crippen LogP) is 2.40. The summed E-state index contributed by atoms with van der Waals surface area (Å²) < 4.78 is 39.0. The van der Waals surface area contributed by atoms with Crippen molar-refractivity contribution in [2.75, 3.05) is 0 Å². The van der Waals surface area contributed by atoms with E-state index in [4.69, 9.17) is 0 Å². The maximum atomic E-state index is 12.8. The molecule has 6 heteroatoms. The van der Waals surface area contributed by atoms with Gasteiger partial charge < -0.3 is 0 Å². The van der Waals surface area contributed by atoms with Gasteiger partial charge in [-0.1, -0.05) is 12.1 Å². The first-order valence-electron chi connectivity index (χ1n) is 4.43. The van der Waals surface area contributed by atoms with Crippen molar-refractivity contribution in [3.8, 4) is 0 Å². The van der Waals surface area contributed by atoms with Gasteiger partial charge in [0.05, 0.1) is 5.52 Å². The summed E-state index contributed by atoms with van der Waals surface area (Å²) >= 11 is 0. The van der Waals surface area contributed by atoms with Crippen LogP contribution in [0.4, 0.5) is 13.2 Å². The second kappa shape index (κ2) is 3.33. The third-order valence-corrected chi connectivity index (χ3v) is 2.29. The quantitative estimate of drug-likeness (QED) is 0.702. The first-order valence-corrected chi connectivity index (χ1v) is 4.43. The van der Waals surface area contributed by atoms with Crippen molar-refractivity contribution in [1.29, 1.82) is 0 Å². The Labute approximate surface area is 88.5 Å². The van der Waals surface area contributed by atoms with Crippen molar-refractivity contribution < 1.29 is 18.0 Å². The zero-order valence-electron chi connectivity index (χ0n) is 8.25. The van der Waals surface area contributed by atoms with Crippen LogP contribution in [0.25, 0.3) is 10.9 Å². The Morgan fingerprint density at radius 2 is 2.06 bits per heavy atom. The highest BCUT2D eigenvalue weighted by atomic mass is 19.4. The van der Waals surface area contributed by atoms with E-state index in [-0.39, 0.29) is 16.5 Å². The summed E-state index contributed by atoms with van der Waals surface area (Å²) in [5, 5.41) is 3.58. The molecular weight excluding hydrogens is 221 g/mol. The third-order valence-electron chi connectivity index (χ3n) is 2.29. The number of benzene rings is 1. The van der Waals surface area contributed by atoms with Gasteiger partial charge in [0.2, 0.25) is 0 Å². The van der Waals surface area contributed by atoms with E-state index in [9.17, 15) is 18.0 Å². The number of nitrogens with zero attached hydrogens (tertiary/aromatic N) is 2. The summed E-state index contributed by atoms with van der Waals surface area (Å²) in [5.41, 5.74) is -0.734. The summed E-state index contributed by atoms with van der Waals surface area (Å²) in [7, 11) is 1.21. The number of fused-ring (bicyclic) bond motifs is 1. The van der Waals surface area contributed by atoms with Crippen LogP contribution in [0.2, 0.25) is 0 Å². The standard InChI is InChI=1S/C10H7F3N2O/c1-15-9(10(11,12)13)8-6(5-16)3-2-4-7(8)14-15/h2-5H,1H3. The van der Waals surface area contributed by atoms with Crippen molar-refractivity contribution >= 4 is 17.2 Å². The van der Waals surface area contributed by atoms with E-state index in [0.717, 1.165) is 4.68 Å². The first kappa shape index (κ1) is 10.7. The molecule has 0 aliphatic rings. The molecule has 1 heterocycles. The normalized spacial score (nSPS) is 12.0. The molecule has 3 nitrogen and oxygen atoms in total. The average Bonchev–Trinajstić information content (AvgIpc) is 2.52. The van der Waals surface area contributed by atoms with Crippen LogP contribution in [-0.2, 0) is 13.2 Å². The second-order valence-electron chi connectivity index (χ2n) is 3.33. The van der Waals surface area contributed by atoms with Gasteiger partial charge in [-0.05, 0) is 6.07 Å². The Morgan fingerprint density at radius 3 is 2.62 bits per heavy atom. The fourth-order valence-corrected chi connectivity index (χ4v) is 1.70. The Kier molecular flexibility index (Phi) is 2.22. The van der Waals surface area contributed by atoms with Gasteiger partial charge >= 0.3 is 6.18 Å². The molecule has 1 aromatic heterocycles. The van der Waals surface area contributed by atoms with Gasteiger partial charge in [-0.15, -0.1) is 0 Å². The molecule has 0 bridgehead atoms. The molecule has 2 aromatic rings. The lowest BCUT2D eigenvalue weighted by atomic mass is 10.1. The lowest BCUT2D eigenvalue weighted by molar-refractivity contribution is -0.142. The molecule has 0 fully saturated rings. The number of aromatic nitrogens is 2. The molecule has 0 radical (unpaired) electrons. The van der Waals surface area contributed by atoms with E-state index in [1.807, 2.05) is 0 Å². The number of carbonyl (C=O) groups is 1. The molecule has 0 saturated carbocycles. The maximum Gasteiger partial charge on any atom is 0.433 e. The number of aldehydes is 1. The van der Waals surface area contributed by atoms with Gasteiger partial charge in [-0.2, -0.15) is 18.3 Å². The van der Waals surface area contributed by atoms with Crippen LogP contribution in [0.5, 0.6) is 0 Å². The minimum absolute atomic E-state index is 0.00192. The van der Waals surface area contributed by atoms with Gasteiger partial charge in [0.15, 0.2) is 12.0 Å². The molecule has 0 saturated heterocycles. The van der Waals surface area contributed by atoms with Crippen molar-refractivity contribution in [3.05, 3.63) is 29.5 Å².